The lowest BCUT2D eigenvalue weighted by Crippen LogP contribution is -2.27. The van der Waals surface area contributed by atoms with Crippen LogP contribution < -0.4 is 15.8 Å². The first kappa shape index (κ1) is 12.1. The van der Waals surface area contributed by atoms with Gasteiger partial charge in [-0.05, 0) is 12.8 Å². The predicted octanol–water partition coefficient (Wildman–Crippen LogP) is 0.868. The lowest BCUT2D eigenvalue weighted by molar-refractivity contribution is 0.580. The third-order valence-corrected chi connectivity index (χ3v) is 2.88. The molecule has 0 unspecified atom stereocenters. The van der Waals surface area contributed by atoms with Crippen molar-refractivity contribution in [2.24, 2.45) is 0 Å². The van der Waals surface area contributed by atoms with Crippen molar-refractivity contribution >= 4 is 5.95 Å². The highest BCUT2D eigenvalue weighted by Crippen LogP contribution is 2.14. The number of aromatic amines is 1. The first-order valence-electron chi connectivity index (χ1n) is 6.24. The van der Waals surface area contributed by atoms with Crippen LogP contribution in [0.2, 0.25) is 0 Å². The van der Waals surface area contributed by atoms with Crippen LogP contribution in [0.5, 0.6) is 0 Å². The highest BCUT2D eigenvalue weighted by molar-refractivity contribution is 5.31. The molecule has 94 valence electrons. The van der Waals surface area contributed by atoms with Crippen LogP contribution in [0.15, 0.2) is 10.9 Å². The van der Waals surface area contributed by atoms with E-state index in [-0.39, 0.29) is 5.56 Å². The fourth-order valence-electron chi connectivity index (χ4n) is 1.97. The summed E-state index contributed by atoms with van der Waals surface area (Å²) in [7, 11) is 0. The predicted molar refractivity (Wildman–Crippen MR) is 68.3 cm³/mol. The van der Waals surface area contributed by atoms with E-state index in [1.54, 1.807) is 6.07 Å². The van der Waals surface area contributed by atoms with Crippen LogP contribution in [-0.2, 0) is 6.54 Å². The molecule has 5 nitrogen and oxygen atoms in total. The molecule has 0 atom stereocenters. The lowest BCUT2D eigenvalue weighted by atomic mass is 10.3. The molecule has 2 heterocycles. The summed E-state index contributed by atoms with van der Waals surface area (Å²) in [6, 6.07) is 1.96. The Kier molecular flexibility index (Phi) is 3.78. The molecule has 0 amide bonds. The average molecular weight is 236 g/mol. The molecule has 17 heavy (non-hydrogen) atoms. The number of H-pyrrole nitrogens is 1. The van der Waals surface area contributed by atoms with Crippen LogP contribution in [0.3, 0.4) is 0 Å². The van der Waals surface area contributed by atoms with Gasteiger partial charge in [-0.3, -0.25) is 9.78 Å². The number of nitrogens with one attached hydrogen (secondary N) is 2. The van der Waals surface area contributed by atoms with Crippen molar-refractivity contribution in [3.8, 4) is 0 Å². The van der Waals surface area contributed by atoms with Crippen molar-refractivity contribution in [1.29, 1.82) is 0 Å². The highest BCUT2D eigenvalue weighted by atomic mass is 16.1. The average Bonchev–Trinajstić information content (AvgIpc) is 2.79. The van der Waals surface area contributed by atoms with E-state index in [0.717, 1.165) is 24.7 Å². The summed E-state index contributed by atoms with van der Waals surface area (Å²) in [4.78, 5) is 21.0. The zero-order chi connectivity index (χ0) is 12.3. The van der Waals surface area contributed by atoms with Gasteiger partial charge in [-0.2, -0.15) is 0 Å². The number of nitrogens with zero attached hydrogens (tertiary/aromatic N) is 2. The minimum atomic E-state index is -0.0672. The summed E-state index contributed by atoms with van der Waals surface area (Å²) in [5.41, 5.74) is 0.742. The smallest absolute Gasteiger partial charge is 0.252 e. The van der Waals surface area contributed by atoms with Gasteiger partial charge in [0.2, 0.25) is 5.95 Å². The number of rotatable bonds is 4. The van der Waals surface area contributed by atoms with Gasteiger partial charge in [0.15, 0.2) is 0 Å². The second-order valence-corrected chi connectivity index (χ2v) is 4.79. The number of anilines is 1. The van der Waals surface area contributed by atoms with Gasteiger partial charge in [0.25, 0.3) is 5.56 Å². The van der Waals surface area contributed by atoms with Crippen molar-refractivity contribution < 1.29 is 0 Å². The van der Waals surface area contributed by atoms with Crippen LogP contribution in [0.25, 0.3) is 0 Å². The molecule has 1 aromatic heterocycles. The van der Waals surface area contributed by atoms with E-state index in [1.165, 1.54) is 12.8 Å². The second-order valence-electron chi connectivity index (χ2n) is 4.79. The molecule has 1 fully saturated rings. The molecule has 0 saturated carbocycles. The van der Waals surface area contributed by atoms with Gasteiger partial charge < -0.3 is 10.2 Å². The van der Waals surface area contributed by atoms with Crippen molar-refractivity contribution in [2.45, 2.75) is 39.3 Å². The van der Waals surface area contributed by atoms with E-state index in [9.17, 15) is 4.79 Å². The van der Waals surface area contributed by atoms with Crippen LogP contribution in [-0.4, -0.2) is 29.1 Å². The van der Waals surface area contributed by atoms with Crippen molar-refractivity contribution in [3.63, 3.8) is 0 Å². The SMILES string of the molecule is CC(C)NCc1cc(=O)[nH]c(N2CCCC2)n1. The molecule has 1 aliphatic heterocycles. The summed E-state index contributed by atoms with van der Waals surface area (Å²) < 4.78 is 0. The monoisotopic (exact) mass is 236 g/mol. The summed E-state index contributed by atoms with van der Waals surface area (Å²) >= 11 is 0. The summed E-state index contributed by atoms with van der Waals surface area (Å²) in [6.45, 7) is 6.78. The van der Waals surface area contributed by atoms with E-state index < -0.39 is 0 Å². The number of hydrogen-bond acceptors (Lipinski definition) is 4. The Balaban J connectivity index is 2.14. The van der Waals surface area contributed by atoms with Crippen LogP contribution in [0.1, 0.15) is 32.4 Å². The normalized spacial score (nSPS) is 15.8. The molecule has 0 aliphatic carbocycles. The Morgan fingerprint density at radius 2 is 2.18 bits per heavy atom. The summed E-state index contributed by atoms with van der Waals surface area (Å²) in [5, 5.41) is 3.27. The maximum Gasteiger partial charge on any atom is 0.252 e. The van der Waals surface area contributed by atoms with Gasteiger partial charge >= 0.3 is 0 Å². The van der Waals surface area contributed by atoms with Gasteiger partial charge in [0.1, 0.15) is 0 Å². The maximum absolute atomic E-state index is 11.6. The Labute approximate surface area is 101 Å². The molecule has 1 saturated heterocycles. The van der Waals surface area contributed by atoms with Crippen LogP contribution in [0.4, 0.5) is 5.95 Å². The minimum Gasteiger partial charge on any atom is -0.342 e. The molecule has 2 N–H and O–H groups in total. The third-order valence-electron chi connectivity index (χ3n) is 2.88. The van der Waals surface area contributed by atoms with Gasteiger partial charge in [-0.1, -0.05) is 13.8 Å². The van der Waals surface area contributed by atoms with E-state index >= 15 is 0 Å². The van der Waals surface area contributed by atoms with Gasteiger partial charge in [0, 0.05) is 31.7 Å². The molecular weight excluding hydrogens is 216 g/mol. The van der Waals surface area contributed by atoms with E-state index in [0.29, 0.717) is 12.6 Å². The quantitative estimate of drug-likeness (QED) is 0.814. The zero-order valence-corrected chi connectivity index (χ0v) is 10.5. The molecule has 1 aliphatic rings. The largest absolute Gasteiger partial charge is 0.342 e. The third kappa shape index (κ3) is 3.30. The van der Waals surface area contributed by atoms with Gasteiger partial charge in [0.05, 0.1) is 5.69 Å². The number of aromatic nitrogens is 2. The Morgan fingerprint density at radius 3 is 2.82 bits per heavy atom. The summed E-state index contributed by atoms with van der Waals surface area (Å²) in [5.74, 6) is 0.718. The molecule has 2 rings (SSSR count). The zero-order valence-electron chi connectivity index (χ0n) is 10.5. The fraction of sp³-hybridized carbons (Fsp3) is 0.667. The second kappa shape index (κ2) is 5.31. The lowest BCUT2D eigenvalue weighted by Gasteiger charge is -2.16. The first-order chi connectivity index (χ1) is 8.15. The summed E-state index contributed by atoms with van der Waals surface area (Å²) in [6.07, 6.45) is 2.36. The first-order valence-corrected chi connectivity index (χ1v) is 6.24. The van der Waals surface area contributed by atoms with E-state index in [4.69, 9.17) is 0 Å². The maximum atomic E-state index is 11.6. The molecule has 5 heteroatoms. The molecule has 0 radical (unpaired) electrons. The van der Waals surface area contributed by atoms with E-state index in [1.807, 2.05) is 0 Å². The molecular formula is C12H20N4O. The van der Waals surface area contributed by atoms with Crippen LogP contribution in [0, 0.1) is 0 Å². The molecule has 0 spiro atoms. The van der Waals surface area contributed by atoms with Crippen molar-refractivity contribution in [3.05, 3.63) is 22.1 Å². The molecule has 0 aromatic carbocycles. The van der Waals surface area contributed by atoms with E-state index in [2.05, 4.69) is 34.0 Å². The topological polar surface area (TPSA) is 61.0 Å². The van der Waals surface area contributed by atoms with Crippen molar-refractivity contribution in [1.82, 2.24) is 15.3 Å². The Morgan fingerprint density at radius 1 is 1.47 bits per heavy atom. The molecule has 0 bridgehead atoms. The standard InChI is InChI=1S/C12H20N4O/c1-9(2)13-8-10-7-11(17)15-12(14-10)16-5-3-4-6-16/h7,9,13H,3-6,8H2,1-2H3,(H,14,15,17). The fourth-order valence-corrected chi connectivity index (χ4v) is 1.97. The minimum absolute atomic E-state index is 0.0672. The van der Waals surface area contributed by atoms with Crippen molar-refractivity contribution in [2.75, 3.05) is 18.0 Å². The Hall–Kier alpha value is -1.36. The Bertz CT molecular complexity index is 421. The van der Waals surface area contributed by atoms with Crippen LogP contribution >= 0.6 is 0 Å². The highest BCUT2D eigenvalue weighted by Gasteiger charge is 2.15. The number of hydrogen-bond donors (Lipinski definition) is 2. The van der Waals surface area contributed by atoms with Gasteiger partial charge in [-0.25, -0.2) is 4.98 Å². The molecule has 1 aromatic rings. The van der Waals surface area contributed by atoms with Gasteiger partial charge in [-0.15, -0.1) is 0 Å².